The zero-order valence-electron chi connectivity index (χ0n) is 20.3. The number of aryl methyl sites for hydroxylation is 1. The van der Waals surface area contributed by atoms with Crippen LogP contribution < -0.4 is 5.32 Å². The van der Waals surface area contributed by atoms with Crippen LogP contribution in [0.2, 0.25) is 0 Å². The van der Waals surface area contributed by atoms with Crippen molar-refractivity contribution in [1.82, 2.24) is 34.6 Å². The van der Waals surface area contributed by atoms with Crippen LogP contribution in [0, 0.1) is 12.7 Å². The van der Waals surface area contributed by atoms with E-state index < -0.39 is 59.9 Å². The molecule has 3 aromatic rings. The van der Waals surface area contributed by atoms with Crippen molar-refractivity contribution in [2.45, 2.75) is 44.2 Å². The summed E-state index contributed by atoms with van der Waals surface area (Å²) in [7, 11) is 1.40. The largest absolute Gasteiger partial charge is 0.431 e. The first kappa shape index (κ1) is 28.1. The average Bonchev–Trinajstić information content (AvgIpc) is 3.14. The molecule has 3 N–H and O–H groups in total. The van der Waals surface area contributed by atoms with E-state index in [0.717, 1.165) is 19.3 Å². The van der Waals surface area contributed by atoms with E-state index in [0.29, 0.717) is 12.4 Å². The summed E-state index contributed by atoms with van der Waals surface area (Å²) >= 11 is 0. The molecular formula is C21H20F6N8O4. The normalized spacial score (nSPS) is 20.6. The molecule has 0 aromatic carbocycles. The lowest BCUT2D eigenvalue weighted by atomic mass is 10.0. The number of aromatic nitrogens is 6. The van der Waals surface area contributed by atoms with Crippen LogP contribution in [0.25, 0.3) is 11.4 Å². The van der Waals surface area contributed by atoms with Gasteiger partial charge in [-0.2, -0.15) is 27.1 Å². The molecule has 12 nitrogen and oxygen atoms in total. The average molecular weight is 562 g/mol. The maximum Gasteiger partial charge on any atom is 0.431 e. The summed E-state index contributed by atoms with van der Waals surface area (Å²) in [5.74, 6) is -7.00. The monoisotopic (exact) mass is 562 g/mol. The number of hydrogen-bond acceptors (Lipinski definition) is 10. The third-order valence-corrected chi connectivity index (χ3v) is 5.98. The number of aliphatic hydroxyl groups is 2. The molecule has 39 heavy (non-hydrogen) atoms. The van der Waals surface area contributed by atoms with Gasteiger partial charge in [-0.1, -0.05) is 0 Å². The van der Waals surface area contributed by atoms with Crippen molar-refractivity contribution in [2.24, 2.45) is 7.05 Å². The summed E-state index contributed by atoms with van der Waals surface area (Å²) in [6, 6.07) is -1.58. The Balaban J connectivity index is 1.73. The van der Waals surface area contributed by atoms with Crippen LogP contribution in [0.4, 0.5) is 32.3 Å². The van der Waals surface area contributed by atoms with Gasteiger partial charge >= 0.3 is 18.2 Å². The minimum atomic E-state index is -4.71. The molecule has 4 heterocycles. The van der Waals surface area contributed by atoms with Crippen LogP contribution in [-0.2, 0) is 18.0 Å². The molecule has 1 amide bonds. The fraction of sp³-hybridized carbons (Fsp3) is 0.429. The number of halogens is 6. The number of nitrogens with zero attached hydrogens (tertiary/aromatic N) is 7. The van der Waals surface area contributed by atoms with Crippen molar-refractivity contribution in [1.29, 1.82) is 0 Å². The number of nitrogens with one attached hydrogen (secondary N) is 1. The Kier molecular flexibility index (Phi) is 6.98. The number of carbonyl (C=O) groups excluding carboxylic acids is 1. The van der Waals surface area contributed by atoms with Gasteiger partial charge in [-0.3, -0.25) is 14.4 Å². The number of alkyl halides is 5. The number of anilines is 1. The molecule has 1 aliphatic heterocycles. The molecule has 18 heteroatoms. The Morgan fingerprint density at radius 3 is 2.28 bits per heavy atom. The molecule has 0 bridgehead atoms. The molecule has 1 aliphatic rings. The third kappa shape index (κ3) is 5.09. The van der Waals surface area contributed by atoms with Crippen LogP contribution in [-0.4, -0.2) is 81.4 Å². The van der Waals surface area contributed by atoms with E-state index >= 15 is 0 Å². The lowest BCUT2D eigenvalue weighted by molar-refractivity contribution is -0.473. The standard InChI is InChI=1S/C21H20F6N8O4/c1-9-14(16-28-6-12(22)7-29-16)15(33-34(9)3)17(36)35-13(10(2)39-20(26,27)21(35,37)38)8-32-18-30-4-11(5-31-18)19(23,24)25/h4-7,10,13,37-38H,8H2,1-3H3,(H,30,31,32). The van der Waals surface area contributed by atoms with Crippen molar-refractivity contribution >= 4 is 11.9 Å². The smallest absolute Gasteiger partial charge is 0.352 e. The van der Waals surface area contributed by atoms with Gasteiger partial charge in [0.05, 0.1) is 35.7 Å². The van der Waals surface area contributed by atoms with E-state index in [1.807, 2.05) is 0 Å². The molecule has 2 unspecified atom stereocenters. The highest BCUT2D eigenvalue weighted by molar-refractivity contribution is 5.99. The van der Waals surface area contributed by atoms with Crippen LogP contribution in [0.5, 0.6) is 0 Å². The molecule has 0 saturated carbocycles. The lowest BCUT2D eigenvalue weighted by Gasteiger charge is -2.49. The molecular weight excluding hydrogens is 542 g/mol. The van der Waals surface area contributed by atoms with Crippen molar-refractivity contribution in [3.8, 4) is 11.4 Å². The molecule has 0 radical (unpaired) electrons. The summed E-state index contributed by atoms with van der Waals surface area (Å²) in [4.78, 5) is 28.3. The van der Waals surface area contributed by atoms with Crippen molar-refractivity contribution in [2.75, 3.05) is 11.9 Å². The SMILES string of the molecule is Cc1c(-c2ncc(F)cn2)c(C(=O)N2C(CNc3ncc(C(F)(F)F)cn3)C(C)OC(F)(F)C2(O)O)nn1C. The number of hydrogen-bond donors (Lipinski definition) is 3. The molecule has 1 saturated heterocycles. The summed E-state index contributed by atoms with van der Waals surface area (Å²) in [5.41, 5.74) is -1.56. The van der Waals surface area contributed by atoms with Crippen LogP contribution >= 0.6 is 0 Å². The molecule has 1 fully saturated rings. The first-order chi connectivity index (χ1) is 18.0. The fourth-order valence-electron chi connectivity index (χ4n) is 3.86. The maximum absolute atomic E-state index is 14.6. The van der Waals surface area contributed by atoms with E-state index in [1.54, 1.807) is 0 Å². The highest BCUT2D eigenvalue weighted by Crippen LogP contribution is 2.41. The minimum Gasteiger partial charge on any atom is -0.352 e. The molecule has 0 aliphatic carbocycles. The van der Waals surface area contributed by atoms with E-state index in [1.165, 1.54) is 18.7 Å². The Hall–Kier alpha value is -3.90. The Bertz CT molecular complexity index is 1360. The van der Waals surface area contributed by atoms with Gasteiger partial charge in [0.15, 0.2) is 17.3 Å². The van der Waals surface area contributed by atoms with Crippen molar-refractivity contribution in [3.63, 3.8) is 0 Å². The summed E-state index contributed by atoms with van der Waals surface area (Å²) < 4.78 is 86.7. The second kappa shape index (κ2) is 9.69. The van der Waals surface area contributed by atoms with Crippen LogP contribution in [0.1, 0.15) is 28.7 Å². The first-order valence-corrected chi connectivity index (χ1v) is 11.0. The quantitative estimate of drug-likeness (QED) is 0.310. The van der Waals surface area contributed by atoms with Gasteiger partial charge in [0.2, 0.25) is 5.95 Å². The van der Waals surface area contributed by atoms with Crippen molar-refractivity contribution < 1.29 is 46.1 Å². The minimum absolute atomic E-state index is 0.0209. The predicted molar refractivity (Wildman–Crippen MR) is 117 cm³/mol. The predicted octanol–water partition coefficient (Wildman–Crippen LogP) is 1.71. The summed E-state index contributed by atoms with van der Waals surface area (Å²) in [6.07, 6.45) is -8.41. The molecule has 3 aromatic heterocycles. The van der Waals surface area contributed by atoms with Gasteiger partial charge in [-0.15, -0.1) is 0 Å². The van der Waals surface area contributed by atoms with Crippen LogP contribution in [0.3, 0.4) is 0 Å². The van der Waals surface area contributed by atoms with E-state index in [-0.39, 0.29) is 27.9 Å². The molecule has 0 spiro atoms. The maximum atomic E-state index is 14.6. The van der Waals surface area contributed by atoms with Gasteiger partial charge in [0.25, 0.3) is 5.91 Å². The Labute approximate surface area is 215 Å². The third-order valence-electron chi connectivity index (χ3n) is 5.98. The number of carbonyl (C=O) groups is 1. The second-order valence-electron chi connectivity index (χ2n) is 8.55. The number of rotatable bonds is 5. The van der Waals surface area contributed by atoms with E-state index in [2.05, 4.69) is 35.1 Å². The number of ether oxygens (including phenoxy) is 1. The zero-order valence-corrected chi connectivity index (χ0v) is 20.3. The Morgan fingerprint density at radius 1 is 1.13 bits per heavy atom. The highest BCUT2D eigenvalue weighted by atomic mass is 19.4. The Morgan fingerprint density at radius 2 is 1.72 bits per heavy atom. The van der Waals surface area contributed by atoms with E-state index in [9.17, 15) is 41.4 Å². The topological polar surface area (TPSA) is 151 Å². The molecule has 4 rings (SSSR count). The van der Waals surface area contributed by atoms with Gasteiger partial charge in [0.1, 0.15) is 0 Å². The number of morpholine rings is 1. The summed E-state index contributed by atoms with van der Waals surface area (Å²) in [6.45, 7) is 2.01. The number of amides is 1. The molecule has 2 atom stereocenters. The van der Waals surface area contributed by atoms with Crippen molar-refractivity contribution in [3.05, 3.63) is 47.6 Å². The van der Waals surface area contributed by atoms with Gasteiger partial charge in [-0.05, 0) is 13.8 Å². The van der Waals surface area contributed by atoms with Gasteiger partial charge in [-0.25, -0.2) is 24.3 Å². The van der Waals surface area contributed by atoms with Gasteiger partial charge < -0.3 is 20.3 Å². The lowest BCUT2D eigenvalue weighted by Crippen LogP contribution is -2.74. The zero-order chi connectivity index (χ0) is 28.9. The first-order valence-electron chi connectivity index (χ1n) is 11.0. The molecule has 210 valence electrons. The fourth-order valence-corrected chi connectivity index (χ4v) is 3.86. The highest BCUT2D eigenvalue weighted by Gasteiger charge is 2.66. The van der Waals surface area contributed by atoms with Crippen LogP contribution in [0.15, 0.2) is 24.8 Å². The second-order valence-corrected chi connectivity index (χ2v) is 8.55. The van der Waals surface area contributed by atoms with Gasteiger partial charge in [0, 0.05) is 31.7 Å². The van der Waals surface area contributed by atoms with E-state index in [4.69, 9.17) is 0 Å². The summed E-state index contributed by atoms with van der Waals surface area (Å²) in [5, 5.41) is 27.4.